The Morgan fingerprint density at radius 1 is 1.14 bits per heavy atom. The molecule has 1 aliphatic carbocycles. The molecule has 0 unspecified atom stereocenters. The normalized spacial score (nSPS) is 14.3. The Labute approximate surface area is 170 Å². The van der Waals surface area contributed by atoms with Gasteiger partial charge < -0.3 is 14.6 Å². The molecular formula is C24H26N2O3. The van der Waals surface area contributed by atoms with Gasteiger partial charge in [0.15, 0.2) is 0 Å². The van der Waals surface area contributed by atoms with Gasteiger partial charge in [0, 0.05) is 23.2 Å². The predicted molar refractivity (Wildman–Crippen MR) is 114 cm³/mol. The molecule has 3 aromatic rings. The van der Waals surface area contributed by atoms with Crippen molar-refractivity contribution in [3.05, 3.63) is 75.6 Å². The first kappa shape index (κ1) is 19.2. The molecule has 0 radical (unpaired) electrons. The first-order valence-electron chi connectivity index (χ1n) is 10.1. The number of aromatic amines is 1. The summed E-state index contributed by atoms with van der Waals surface area (Å²) in [6.07, 6.45) is 4.22. The molecule has 0 spiro atoms. The first-order valence-corrected chi connectivity index (χ1v) is 10.1. The van der Waals surface area contributed by atoms with Crippen LogP contribution in [-0.2, 0) is 6.54 Å². The van der Waals surface area contributed by atoms with Crippen LogP contribution in [0, 0.1) is 6.92 Å². The lowest BCUT2D eigenvalue weighted by Crippen LogP contribution is -2.39. The van der Waals surface area contributed by atoms with Crippen molar-refractivity contribution in [2.75, 3.05) is 7.11 Å². The minimum absolute atomic E-state index is 0.00479. The molecule has 150 valence electrons. The van der Waals surface area contributed by atoms with Gasteiger partial charge in [0.05, 0.1) is 19.2 Å². The van der Waals surface area contributed by atoms with Gasteiger partial charge >= 0.3 is 0 Å². The molecule has 0 aliphatic heterocycles. The second kappa shape index (κ2) is 8.11. The van der Waals surface area contributed by atoms with Gasteiger partial charge in [-0.3, -0.25) is 9.59 Å². The van der Waals surface area contributed by atoms with Crippen molar-refractivity contribution in [3.63, 3.8) is 0 Å². The number of amides is 1. The number of carbonyl (C=O) groups is 1. The SMILES string of the molecule is COc1ccc2cc(CN(C(=O)c3cccc(C)c3)C3CCCC3)c(=O)[nH]c2c1. The first-order chi connectivity index (χ1) is 14.0. The van der Waals surface area contributed by atoms with Gasteiger partial charge in [-0.15, -0.1) is 0 Å². The van der Waals surface area contributed by atoms with Crippen molar-refractivity contribution < 1.29 is 9.53 Å². The summed E-state index contributed by atoms with van der Waals surface area (Å²) in [6, 6.07) is 15.3. The van der Waals surface area contributed by atoms with E-state index in [2.05, 4.69) is 4.98 Å². The van der Waals surface area contributed by atoms with Crippen LogP contribution in [0.1, 0.15) is 47.2 Å². The summed E-state index contributed by atoms with van der Waals surface area (Å²) in [5, 5.41) is 0.926. The maximum Gasteiger partial charge on any atom is 0.254 e. The Hall–Kier alpha value is -3.08. The standard InChI is InChI=1S/C24H26N2O3/c1-16-6-5-7-18(12-16)24(28)26(20-8-3-4-9-20)15-19-13-17-10-11-21(29-2)14-22(17)25-23(19)27/h5-7,10-14,20H,3-4,8-9,15H2,1-2H3,(H,25,27). The molecule has 1 amide bonds. The third-order valence-corrected chi connectivity index (χ3v) is 5.76. The van der Waals surface area contributed by atoms with E-state index >= 15 is 0 Å². The molecule has 0 bridgehead atoms. The Morgan fingerprint density at radius 3 is 2.66 bits per heavy atom. The number of ether oxygens (including phenoxy) is 1. The molecule has 1 saturated carbocycles. The number of rotatable bonds is 5. The second-order valence-corrected chi connectivity index (χ2v) is 7.82. The number of pyridine rings is 1. The summed E-state index contributed by atoms with van der Waals surface area (Å²) in [5.74, 6) is 0.693. The maximum absolute atomic E-state index is 13.3. The highest BCUT2D eigenvalue weighted by molar-refractivity contribution is 5.94. The zero-order valence-corrected chi connectivity index (χ0v) is 16.9. The number of hydrogen-bond acceptors (Lipinski definition) is 3. The fourth-order valence-corrected chi connectivity index (χ4v) is 4.18. The van der Waals surface area contributed by atoms with Gasteiger partial charge in [-0.1, -0.05) is 30.5 Å². The monoisotopic (exact) mass is 390 g/mol. The van der Waals surface area contributed by atoms with Crippen molar-refractivity contribution in [2.45, 2.75) is 45.2 Å². The Morgan fingerprint density at radius 2 is 1.93 bits per heavy atom. The Balaban J connectivity index is 1.69. The van der Waals surface area contributed by atoms with Crippen LogP contribution < -0.4 is 10.3 Å². The summed E-state index contributed by atoms with van der Waals surface area (Å²) in [4.78, 5) is 30.9. The van der Waals surface area contributed by atoms with Crippen LogP contribution in [0.5, 0.6) is 5.75 Å². The number of benzene rings is 2. The molecule has 0 saturated heterocycles. The van der Waals surface area contributed by atoms with Crippen LogP contribution in [0.3, 0.4) is 0 Å². The highest BCUT2D eigenvalue weighted by Crippen LogP contribution is 2.27. The van der Waals surface area contributed by atoms with E-state index in [9.17, 15) is 9.59 Å². The van der Waals surface area contributed by atoms with Gasteiger partial charge in [0.2, 0.25) is 0 Å². The van der Waals surface area contributed by atoms with E-state index in [1.54, 1.807) is 7.11 Å². The summed E-state index contributed by atoms with van der Waals surface area (Å²) in [7, 11) is 1.60. The van der Waals surface area contributed by atoms with Gasteiger partial charge in [-0.2, -0.15) is 0 Å². The molecule has 1 fully saturated rings. The fourth-order valence-electron chi connectivity index (χ4n) is 4.18. The molecule has 0 atom stereocenters. The number of nitrogens with one attached hydrogen (secondary N) is 1. The summed E-state index contributed by atoms with van der Waals surface area (Å²) in [5.41, 5.74) is 2.91. The number of nitrogens with zero attached hydrogens (tertiary/aromatic N) is 1. The molecule has 1 heterocycles. The topological polar surface area (TPSA) is 62.4 Å². The molecule has 2 aromatic carbocycles. The average Bonchev–Trinajstić information content (AvgIpc) is 3.26. The van der Waals surface area contributed by atoms with E-state index < -0.39 is 0 Å². The van der Waals surface area contributed by atoms with Crippen molar-refractivity contribution >= 4 is 16.8 Å². The third-order valence-electron chi connectivity index (χ3n) is 5.76. The summed E-state index contributed by atoms with van der Waals surface area (Å²) in [6.45, 7) is 2.30. The van der Waals surface area contributed by atoms with E-state index in [0.29, 0.717) is 23.4 Å². The number of carbonyl (C=O) groups excluding carboxylic acids is 1. The van der Waals surface area contributed by atoms with Gasteiger partial charge in [0.1, 0.15) is 5.75 Å². The number of aryl methyl sites for hydroxylation is 1. The maximum atomic E-state index is 13.3. The van der Waals surface area contributed by atoms with E-state index in [1.807, 2.05) is 60.4 Å². The number of H-pyrrole nitrogens is 1. The number of fused-ring (bicyclic) bond motifs is 1. The molecule has 1 aromatic heterocycles. The highest BCUT2D eigenvalue weighted by Gasteiger charge is 2.28. The highest BCUT2D eigenvalue weighted by atomic mass is 16.5. The van der Waals surface area contributed by atoms with Gasteiger partial charge in [-0.25, -0.2) is 0 Å². The van der Waals surface area contributed by atoms with Crippen LogP contribution in [0.15, 0.2) is 53.3 Å². The van der Waals surface area contributed by atoms with E-state index in [-0.39, 0.29) is 17.5 Å². The van der Waals surface area contributed by atoms with E-state index in [1.165, 1.54) is 0 Å². The van der Waals surface area contributed by atoms with Crippen LogP contribution in [0.2, 0.25) is 0 Å². The van der Waals surface area contributed by atoms with Crippen LogP contribution in [0.4, 0.5) is 0 Å². The molecule has 29 heavy (non-hydrogen) atoms. The Bertz CT molecular complexity index is 1100. The van der Waals surface area contributed by atoms with Crippen molar-refractivity contribution in [1.82, 2.24) is 9.88 Å². The lowest BCUT2D eigenvalue weighted by atomic mass is 10.1. The zero-order chi connectivity index (χ0) is 20.4. The smallest absolute Gasteiger partial charge is 0.254 e. The molecular weight excluding hydrogens is 364 g/mol. The van der Waals surface area contributed by atoms with Crippen molar-refractivity contribution in [3.8, 4) is 5.75 Å². The zero-order valence-electron chi connectivity index (χ0n) is 16.9. The second-order valence-electron chi connectivity index (χ2n) is 7.82. The van der Waals surface area contributed by atoms with Crippen LogP contribution in [-0.4, -0.2) is 28.9 Å². The molecule has 4 rings (SSSR count). The lowest BCUT2D eigenvalue weighted by molar-refractivity contribution is 0.0663. The van der Waals surface area contributed by atoms with Crippen molar-refractivity contribution in [1.29, 1.82) is 0 Å². The van der Waals surface area contributed by atoms with Crippen LogP contribution in [0.25, 0.3) is 10.9 Å². The fraction of sp³-hybridized carbons (Fsp3) is 0.333. The summed E-state index contributed by atoms with van der Waals surface area (Å²) >= 11 is 0. The average molecular weight is 390 g/mol. The molecule has 1 N–H and O–H groups in total. The predicted octanol–water partition coefficient (Wildman–Crippen LogP) is 4.43. The molecule has 1 aliphatic rings. The van der Waals surface area contributed by atoms with Gasteiger partial charge in [-0.05, 0) is 55.5 Å². The van der Waals surface area contributed by atoms with Crippen LogP contribution >= 0.6 is 0 Å². The van der Waals surface area contributed by atoms with E-state index in [0.717, 1.165) is 42.1 Å². The van der Waals surface area contributed by atoms with Crippen molar-refractivity contribution in [2.24, 2.45) is 0 Å². The third kappa shape index (κ3) is 4.04. The molecule has 5 heteroatoms. The number of methoxy groups -OCH3 is 1. The lowest BCUT2D eigenvalue weighted by Gasteiger charge is -2.29. The van der Waals surface area contributed by atoms with E-state index in [4.69, 9.17) is 4.74 Å². The molecule has 5 nitrogen and oxygen atoms in total. The minimum Gasteiger partial charge on any atom is -0.497 e. The summed E-state index contributed by atoms with van der Waals surface area (Å²) < 4.78 is 5.24. The number of hydrogen-bond donors (Lipinski definition) is 1. The Kier molecular flexibility index (Phi) is 5.38. The largest absolute Gasteiger partial charge is 0.497 e. The van der Waals surface area contributed by atoms with Gasteiger partial charge in [0.25, 0.3) is 11.5 Å². The minimum atomic E-state index is -0.161. The quantitative estimate of drug-likeness (QED) is 0.701. The number of aromatic nitrogens is 1.